The van der Waals surface area contributed by atoms with Crippen LogP contribution >= 0.6 is 0 Å². The highest BCUT2D eigenvalue weighted by molar-refractivity contribution is 5.95. The minimum absolute atomic E-state index is 0.0170. The predicted molar refractivity (Wildman–Crippen MR) is 168 cm³/mol. The van der Waals surface area contributed by atoms with E-state index in [1.165, 1.54) is 6.08 Å². The normalized spacial score (nSPS) is 23.7. The fourth-order valence-electron chi connectivity index (χ4n) is 5.21. The van der Waals surface area contributed by atoms with Crippen LogP contribution in [0.1, 0.15) is 56.1 Å². The number of nitrogens with one attached hydrogen (secondary N) is 3. The van der Waals surface area contributed by atoms with E-state index in [4.69, 9.17) is 9.15 Å². The predicted octanol–water partition coefficient (Wildman–Crippen LogP) is 3.75. The summed E-state index contributed by atoms with van der Waals surface area (Å²) in [7, 11) is 0. The number of cyclic esters (lactones) is 1. The molecule has 1 aliphatic heterocycles. The van der Waals surface area contributed by atoms with Gasteiger partial charge in [0.1, 0.15) is 24.2 Å². The van der Waals surface area contributed by atoms with Crippen LogP contribution in [0.4, 0.5) is 0 Å². The molecule has 4 rings (SSSR count). The molecular weight excluding hydrogens is 576 g/mol. The second kappa shape index (κ2) is 15.3. The van der Waals surface area contributed by atoms with Crippen molar-refractivity contribution in [1.29, 1.82) is 0 Å². The molecule has 0 spiro atoms. The summed E-state index contributed by atoms with van der Waals surface area (Å²) in [6.45, 7) is 7.71. The Hall–Kier alpha value is -4.77. The molecule has 0 radical (unpaired) electrons. The summed E-state index contributed by atoms with van der Waals surface area (Å²) in [5.41, 5.74) is 2.30. The van der Waals surface area contributed by atoms with Gasteiger partial charge in [-0.15, -0.1) is 0 Å². The molecule has 0 aliphatic carbocycles. The maximum atomic E-state index is 13.7. The van der Waals surface area contributed by atoms with Crippen LogP contribution in [0.3, 0.4) is 0 Å². The van der Waals surface area contributed by atoms with Crippen molar-refractivity contribution >= 4 is 34.5 Å². The van der Waals surface area contributed by atoms with E-state index >= 15 is 0 Å². The number of aliphatic hydroxyl groups excluding tert-OH is 1. The smallest absolute Gasteiger partial charge is 0.329 e. The molecule has 2 bridgehead atoms. The first-order valence-corrected chi connectivity index (χ1v) is 15.0. The number of amides is 2. The largest absolute Gasteiger partial charge is 0.460 e. The molecule has 0 unspecified atom stereocenters. The number of para-hydroxylation sites is 1. The lowest BCUT2D eigenvalue weighted by Gasteiger charge is -2.28. The first-order chi connectivity index (χ1) is 21.5. The van der Waals surface area contributed by atoms with Crippen molar-refractivity contribution in [1.82, 2.24) is 20.6 Å². The van der Waals surface area contributed by atoms with E-state index in [2.05, 4.69) is 20.6 Å². The molecule has 2 aromatic heterocycles. The van der Waals surface area contributed by atoms with Gasteiger partial charge in [-0.25, -0.2) is 9.78 Å². The zero-order valence-corrected chi connectivity index (χ0v) is 25.9. The number of carbonyl (C=O) groups excluding carboxylic acids is 4. The van der Waals surface area contributed by atoms with Gasteiger partial charge in [-0.1, -0.05) is 68.8 Å². The highest BCUT2D eigenvalue weighted by atomic mass is 16.5. The molecule has 0 saturated carbocycles. The van der Waals surface area contributed by atoms with Crippen LogP contribution in [-0.4, -0.2) is 63.4 Å². The third-order valence-corrected chi connectivity index (χ3v) is 7.47. The number of esters is 1. The van der Waals surface area contributed by atoms with Gasteiger partial charge in [-0.3, -0.25) is 14.4 Å². The molecule has 1 aromatic carbocycles. The monoisotopic (exact) mass is 616 g/mol. The number of rotatable bonds is 3. The van der Waals surface area contributed by atoms with Gasteiger partial charge >= 0.3 is 5.97 Å². The topological polar surface area (TPSA) is 164 Å². The van der Waals surface area contributed by atoms with E-state index in [0.717, 1.165) is 22.7 Å². The summed E-state index contributed by atoms with van der Waals surface area (Å²) in [5, 5.41) is 16.8. The highest BCUT2D eigenvalue weighted by Gasteiger charge is 2.31. The molecule has 4 atom stereocenters. The number of carbonyl (C=O) groups is 4. The Morgan fingerprint density at radius 2 is 1.89 bits per heavy atom. The highest BCUT2D eigenvalue weighted by Crippen LogP contribution is 2.22. The summed E-state index contributed by atoms with van der Waals surface area (Å²) < 4.78 is 11.4. The zero-order valence-electron chi connectivity index (χ0n) is 25.9. The van der Waals surface area contributed by atoms with Gasteiger partial charge in [0, 0.05) is 42.4 Å². The molecular formula is C34H40N4O7. The number of Topliss-reactive ketones (excluding diaryl/α,β-unsaturated/α-hetero) is 1. The van der Waals surface area contributed by atoms with Crippen LogP contribution < -0.4 is 10.6 Å². The lowest BCUT2D eigenvalue weighted by Crippen LogP contribution is -2.46. The molecule has 238 valence electrons. The standard InChI is InChI=1S/C34H40N4O7/c1-20(2)32-22(4)11-12-30(41)35-13-7-8-21(3)14-24(39)16-25(40)17-31-37-29(19-44-31)33(42)38-28(34(43)45-32)15-23-18-36-27-10-6-5-9-26(23)27/h5-12,14,18-20,22,24,28,32,36,39H,13,15-17H2,1-4H3,(H,35,41)(H,38,42)/b8-7?,12-11+,21-14?/t22-,24-,28-,32-/m1/s1. The number of fused-ring (bicyclic) bond motifs is 3. The Labute approximate surface area is 261 Å². The number of ether oxygens (including phenoxy) is 1. The van der Waals surface area contributed by atoms with E-state index in [0.29, 0.717) is 5.57 Å². The fourth-order valence-corrected chi connectivity index (χ4v) is 5.21. The molecule has 2 amide bonds. The summed E-state index contributed by atoms with van der Waals surface area (Å²) in [6, 6.07) is 6.54. The fraction of sp³-hybridized carbons (Fsp3) is 0.382. The summed E-state index contributed by atoms with van der Waals surface area (Å²) in [4.78, 5) is 59.4. The van der Waals surface area contributed by atoms with Gasteiger partial charge in [-0.2, -0.15) is 0 Å². The number of hydrogen-bond donors (Lipinski definition) is 4. The lowest BCUT2D eigenvalue weighted by molar-refractivity contribution is -0.155. The maximum absolute atomic E-state index is 13.7. The molecule has 1 aliphatic rings. The molecule has 0 fully saturated rings. The summed E-state index contributed by atoms with van der Waals surface area (Å²) >= 11 is 0. The van der Waals surface area contributed by atoms with Gasteiger partial charge in [0.2, 0.25) is 11.8 Å². The molecule has 3 aromatic rings. The summed E-state index contributed by atoms with van der Waals surface area (Å²) in [5.74, 6) is -2.37. The number of oxazole rings is 1. The number of hydrogen-bond acceptors (Lipinski definition) is 8. The number of aromatic nitrogens is 2. The molecule has 45 heavy (non-hydrogen) atoms. The van der Waals surface area contributed by atoms with Crippen molar-refractivity contribution in [3.05, 3.63) is 89.8 Å². The van der Waals surface area contributed by atoms with E-state index in [1.54, 1.807) is 37.4 Å². The third kappa shape index (κ3) is 9.36. The van der Waals surface area contributed by atoms with Gasteiger partial charge < -0.3 is 29.9 Å². The Morgan fingerprint density at radius 1 is 1.11 bits per heavy atom. The van der Waals surface area contributed by atoms with E-state index in [1.807, 2.05) is 45.0 Å². The van der Waals surface area contributed by atoms with Gasteiger partial charge in [0.05, 0.1) is 12.5 Å². The van der Waals surface area contributed by atoms with E-state index in [-0.39, 0.29) is 60.9 Å². The maximum Gasteiger partial charge on any atom is 0.329 e. The Kier molecular flexibility index (Phi) is 11.3. The number of benzene rings is 1. The number of aromatic amines is 1. The molecule has 4 N–H and O–H groups in total. The third-order valence-electron chi connectivity index (χ3n) is 7.47. The minimum atomic E-state index is -1.09. The zero-order chi connectivity index (χ0) is 32.5. The van der Waals surface area contributed by atoms with Gasteiger partial charge in [0.25, 0.3) is 5.91 Å². The molecule has 0 saturated heterocycles. The van der Waals surface area contributed by atoms with Crippen LogP contribution in [0.2, 0.25) is 0 Å². The van der Waals surface area contributed by atoms with E-state index in [9.17, 15) is 24.3 Å². The van der Waals surface area contributed by atoms with Crippen molar-refractivity contribution in [2.45, 2.75) is 65.2 Å². The average molecular weight is 617 g/mol. The van der Waals surface area contributed by atoms with Gasteiger partial charge in [0.15, 0.2) is 5.69 Å². The molecule has 11 heteroatoms. The average Bonchev–Trinajstić information content (AvgIpc) is 3.62. The van der Waals surface area contributed by atoms with Crippen LogP contribution in [0.15, 0.2) is 77.1 Å². The summed E-state index contributed by atoms with van der Waals surface area (Å²) in [6.07, 6.45) is 9.13. The van der Waals surface area contributed by atoms with Crippen molar-refractivity contribution < 1.29 is 33.4 Å². The number of H-pyrrole nitrogens is 1. The first kappa shape index (κ1) is 33.1. The number of ketones is 1. The lowest BCUT2D eigenvalue weighted by atomic mass is 9.94. The van der Waals surface area contributed by atoms with Crippen LogP contribution in [0, 0.1) is 11.8 Å². The van der Waals surface area contributed by atoms with Crippen LogP contribution in [0.25, 0.3) is 10.9 Å². The Bertz CT molecular complexity index is 1610. The SMILES string of the molecule is CC1=C[C@@H](O)CC(=O)Cc2nc(co2)C(=O)N[C@H](Cc2c[nH]c3ccccc23)C(=O)O[C@H](C(C)C)[C@H](C)/C=C/C(=O)NCC=C1. The minimum Gasteiger partial charge on any atom is -0.460 e. The quantitative estimate of drug-likeness (QED) is 0.323. The second-order valence-corrected chi connectivity index (χ2v) is 11.6. The Balaban J connectivity index is 1.63. The van der Waals surface area contributed by atoms with Crippen molar-refractivity contribution in [2.24, 2.45) is 11.8 Å². The first-order valence-electron chi connectivity index (χ1n) is 15.0. The molecule has 3 heterocycles. The van der Waals surface area contributed by atoms with Crippen molar-refractivity contribution in [3.63, 3.8) is 0 Å². The Morgan fingerprint density at radius 3 is 2.67 bits per heavy atom. The number of aliphatic hydroxyl groups is 1. The number of nitrogens with zero attached hydrogens (tertiary/aromatic N) is 1. The van der Waals surface area contributed by atoms with E-state index < -0.39 is 30.1 Å². The van der Waals surface area contributed by atoms with Crippen molar-refractivity contribution in [3.8, 4) is 0 Å². The number of allylic oxidation sites excluding steroid dienone is 2. The van der Waals surface area contributed by atoms with Crippen LogP contribution in [0.5, 0.6) is 0 Å². The van der Waals surface area contributed by atoms with Crippen LogP contribution in [-0.2, 0) is 32.0 Å². The second-order valence-electron chi connectivity index (χ2n) is 11.6. The molecule has 11 nitrogen and oxygen atoms in total. The van der Waals surface area contributed by atoms with Crippen molar-refractivity contribution in [2.75, 3.05) is 6.54 Å². The van der Waals surface area contributed by atoms with Gasteiger partial charge in [-0.05, 0) is 30.5 Å².